The number of amidine groups is 1. The van der Waals surface area contributed by atoms with Crippen LogP contribution in [0.5, 0.6) is 0 Å². The van der Waals surface area contributed by atoms with Crippen molar-refractivity contribution in [1.29, 1.82) is 0 Å². The molecule has 0 unspecified atom stereocenters. The normalized spacial score (nSPS) is 35.2. The third kappa shape index (κ3) is 1.97. The summed E-state index contributed by atoms with van der Waals surface area (Å²) in [6, 6.07) is 6.90. The van der Waals surface area contributed by atoms with Crippen LogP contribution in [0.2, 0.25) is 0 Å². The van der Waals surface area contributed by atoms with Crippen molar-refractivity contribution in [2.24, 2.45) is 16.9 Å². The Balaban J connectivity index is 1.46. The van der Waals surface area contributed by atoms with E-state index >= 15 is 0 Å². The third-order valence-corrected chi connectivity index (χ3v) is 6.74. The second-order valence-electron chi connectivity index (χ2n) is 7.86. The smallest absolute Gasteiger partial charge is 0.157 e. The van der Waals surface area contributed by atoms with Gasteiger partial charge >= 0.3 is 0 Å². The fraction of sp³-hybridized carbons (Fsp3) is 0.632. The Morgan fingerprint density at radius 1 is 1.17 bits per heavy atom. The van der Waals surface area contributed by atoms with E-state index in [-0.39, 0.29) is 5.66 Å². The molecule has 0 amide bonds. The van der Waals surface area contributed by atoms with Crippen LogP contribution >= 0.6 is 0 Å². The first kappa shape index (κ1) is 13.8. The lowest BCUT2D eigenvalue weighted by Crippen LogP contribution is -2.62. The summed E-state index contributed by atoms with van der Waals surface area (Å²) in [5.74, 6) is 2.78. The van der Waals surface area contributed by atoms with E-state index in [2.05, 4.69) is 40.9 Å². The largest absolute Gasteiger partial charge is 0.333 e. The Morgan fingerprint density at radius 2 is 2.04 bits per heavy atom. The van der Waals surface area contributed by atoms with Crippen molar-refractivity contribution in [1.82, 2.24) is 15.6 Å². The monoisotopic (exact) mass is 310 g/mol. The molecule has 0 saturated heterocycles. The SMILES string of the molecule is CN1C(c2ccc3c(c2)CCNC3)=NN[C@@]12CC1CCC2CC1. The van der Waals surface area contributed by atoms with Gasteiger partial charge < -0.3 is 10.2 Å². The Morgan fingerprint density at radius 3 is 2.83 bits per heavy atom. The summed E-state index contributed by atoms with van der Waals surface area (Å²) in [6.07, 6.45) is 7.95. The number of hydrazone groups is 1. The zero-order valence-corrected chi connectivity index (χ0v) is 13.9. The fourth-order valence-electron chi connectivity index (χ4n) is 5.36. The number of nitrogens with one attached hydrogen (secondary N) is 2. The molecule has 3 saturated carbocycles. The van der Waals surface area contributed by atoms with Crippen LogP contribution in [0.15, 0.2) is 23.3 Å². The predicted octanol–water partition coefficient (Wildman–Crippen LogP) is 2.44. The molecule has 2 aliphatic heterocycles. The summed E-state index contributed by atoms with van der Waals surface area (Å²) in [5, 5.41) is 8.26. The Hall–Kier alpha value is -1.55. The lowest BCUT2D eigenvalue weighted by atomic mass is 9.64. The molecular formula is C19H26N4. The van der Waals surface area contributed by atoms with Gasteiger partial charge in [-0.25, -0.2) is 0 Å². The molecular weight excluding hydrogens is 284 g/mol. The number of benzene rings is 1. The van der Waals surface area contributed by atoms with Gasteiger partial charge in [-0.2, -0.15) is 5.10 Å². The van der Waals surface area contributed by atoms with Gasteiger partial charge in [-0.1, -0.05) is 12.1 Å². The highest BCUT2D eigenvalue weighted by Gasteiger charge is 2.53. The van der Waals surface area contributed by atoms with Crippen LogP contribution in [0.25, 0.3) is 0 Å². The second kappa shape index (κ2) is 4.97. The lowest BCUT2D eigenvalue weighted by Gasteiger charge is -2.53. The lowest BCUT2D eigenvalue weighted by molar-refractivity contribution is -0.0197. The van der Waals surface area contributed by atoms with E-state index in [4.69, 9.17) is 5.10 Å². The zero-order valence-electron chi connectivity index (χ0n) is 13.9. The summed E-state index contributed by atoms with van der Waals surface area (Å²) >= 11 is 0. The molecule has 3 aliphatic carbocycles. The van der Waals surface area contributed by atoms with E-state index in [0.717, 1.165) is 37.2 Å². The van der Waals surface area contributed by atoms with Crippen molar-refractivity contribution in [3.8, 4) is 0 Å². The average Bonchev–Trinajstić information content (AvgIpc) is 2.92. The Bertz CT molecular complexity index is 659. The highest BCUT2D eigenvalue weighted by molar-refractivity contribution is 6.00. The Kier molecular flexibility index (Phi) is 2.99. The molecule has 6 rings (SSSR count). The molecule has 0 aromatic heterocycles. The molecule has 2 heterocycles. The topological polar surface area (TPSA) is 39.7 Å². The van der Waals surface area contributed by atoms with Gasteiger partial charge in [0.2, 0.25) is 0 Å². The molecule has 0 radical (unpaired) electrons. The maximum absolute atomic E-state index is 4.81. The summed E-state index contributed by atoms with van der Waals surface area (Å²) in [5.41, 5.74) is 7.89. The van der Waals surface area contributed by atoms with Crippen molar-refractivity contribution in [3.05, 3.63) is 34.9 Å². The fourth-order valence-corrected chi connectivity index (χ4v) is 5.36. The molecule has 5 aliphatic rings. The zero-order chi connectivity index (χ0) is 15.4. The molecule has 4 nitrogen and oxygen atoms in total. The molecule has 23 heavy (non-hydrogen) atoms. The van der Waals surface area contributed by atoms with Gasteiger partial charge in [-0.05, 0) is 68.2 Å². The number of hydrogen-bond donors (Lipinski definition) is 2. The molecule has 1 spiro atoms. The molecule has 3 fully saturated rings. The van der Waals surface area contributed by atoms with Crippen molar-refractivity contribution < 1.29 is 0 Å². The maximum atomic E-state index is 4.81. The molecule has 4 heteroatoms. The van der Waals surface area contributed by atoms with Crippen LogP contribution in [0, 0.1) is 11.8 Å². The summed E-state index contributed by atoms with van der Waals surface area (Å²) in [4.78, 5) is 2.46. The first-order valence-electron chi connectivity index (χ1n) is 9.18. The number of hydrogen-bond acceptors (Lipinski definition) is 4. The molecule has 1 atom stereocenters. The highest BCUT2D eigenvalue weighted by atomic mass is 15.5. The molecule has 1 aromatic carbocycles. The molecule has 1 aromatic rings. The van der Waals surface area contributed by atoms with E-state index in [0.29, 0.717) is 0 Å². The van der Waals surface area contributed by atoms with Crippen molar-refractivity contribution in [2.75, 3.05) is 13.6 Å². The second-order valence-corrected chi connectivity index (χ2v) is 7.86. The van der Waals surface area contributed by atoms with Crippen LogP contribution in [-0.4, -0.2) is 30.0 Å². The maximum Gasteiger partial charge on any atom is 0.157 e. The number of fused-ring (bicyclic) bond motifs is 3. The highest BCUT2D eigenvalue weighted by Crippen LogP contribution is 2.50. The van der Waals surface area contributed by atoms with Gasteiger partial charge in [0.05, 0.1) is 0 Å². The van der Waals surface area contributed by atoms with Crippen LogP contribution < -0.4 is 10.7 Å². The van der Waals surface area contributed by atoms with Gasteiger partial charge in [0.25, 0.3) is 0 Å². The minimum Gasteiger partial charge on any atom is -0.333 e. The van der Waals surface area contributed by atoms with Gasteiger partial charge in [-0.3, -0.25) is 5.43 Å². The molecule has 2 N–H and O–H groups in total. The number of nitrogens with zero attached hydrogens (tertiary/aromatic N) is 2. The number of rotatable bonds is 1. The minimum absolute atomic E-state index is 0.0912. The van der Waals surface area contributed by atoms with E-state index in [1.54, 1.807) is 0 Å². The van der Waals surface area contributed by atoms with E-state index in [1.165, 1.54) is 48.8 Å². The van der Waals surface area contributed by atoms with E-state index < -0.39 is 0 Å². The van der Waals surface area contributed by atoms with Crippen LogP contribution in [0.4, 0.5) is 0 Å². The van der Waals surface area contributed by atoms with Crippen molar-refractivity contribution >= 4 is 5.84 Å². The summed E-state index contributed by atoms with van der Waals surface area (Å²) < 4.78 is 0. The van der Waals surface area contributed by atoms with E-state index in [1.807, 2.05) is 0 Å². The van der Waals surface area contributed by atoms with Crippen molar-refractivity contribution in [3.63, 3.8) is 0 Å². The molecule has 122 valence electrons. The summed E-state index contributed by atoms with van der Waals surface area (Å²) in [6.45, 7) is 2.09. The quantitative estimate of drug-likeness (QED) is 0.837. The minimum atomic E-state index is 0.0912. The first-order valence-corrected chi connectivity index (χ1v) is 9.18. The van der Waals surface area contributed by atoms with Gasteiger partial charge in [-0.15, -0.1) is 0 Å². The van der Waals surface area contributed by atoms with Crippen LogP contribution in [0.3, 0.4) is 0 Å². The van der Waals surface area contributed by atoms with Crippen molar-refractivity contribution in [2.45, 2.75) is 50.7 Å². The third-order valence-electron chi connectivity index (χ3n) is 6.74. The van der Waals surface area contributed by atoms with Gasteiger partial charge in [0, 0.05) is 25.1 Å². The predicted molar refractivity (Wildman–Crippen MR) is 92.1 cm³/mol. The Labute approximate surface area is 138 Å². The van der Waals surface area contributed by atoms with E-state index in [9.17, 15) is 0 Å². The first-order chi connectivity index (χ1) is 11.3. The average molecular weight is 310 g/mol. The summed E-state index contributed by atoms with van der Waals surface area (Å²) in [7, 11) is 2.25. The van der Waals surface area contributed by atoms with Gasteiger partial charge in [0.1, 0.15) is 5.66 Å². The van der Waals surface area contributed by atoms with Gasteiger partial charge in [0.15, 0.2) is 5.84 Å². The standard InChI is InChI=1S/C19H26N4/c1-23-18(15-4-5-16-12-20-9-8-14(16)10-15)21-22-19(23)11-13-2-6-17(19)7-3-13/h4-5,10,13,17,20,22H,2-3,6-9,11-12H2,1H3/t13?,17?,19-/m0/s1. The molecule has 2 bridgehead atoms. The van der Waals surface area contributed by atoms with Crippen LogP contribution in [0.1, 0.15) is 48.8 Å². The van der Waals surface area contributed by atoms with Crippen LogP contribution in [-0.2, 0) is 13.0 Å².